The molecule has 25 heavy (non-hydrogen) atoms. The number of amides is 1. The van der Waals surface area contributed by atoms with E-state index in [1.807, 2.05) is 24.4 Å². The Bertz CT molecular complexity index is 777. The molecule has 2 rings (SSSR count). The number of thiophene rings is 1. The zero-order chi connectivity index (χ0) is 18.4. The molecule has 0 spiro atoms. The second-order valence-corrected chi connectivity index (χ2v) is 6.85. The van der Waals surface area contributed by atoms with Gasteiger partial charge in [0.1, 0.15) is 0 Å². The van der Waals surface area contributed by atoms with Gasteiger partial charge in [-0.05, 0) is 36.8 Å². The minimum atomic E-state index is -0.783. The fourth-order valence-corrected chi connectivity index (χ4v) is 3.35. The number of rotatable bonds is 7. The van der Waals surface area contributed by atoms with Crippen molar-refractivity contribution in [1.82, 2.24) is 5.32 Å². The predicted molar refractivity (Wildman–Crippen MR) is 96.0 cm³/mol. The van der Waals surface area contributed by atoms with E-state index in [2.05, 4.69) is 5.32 Å². The maximum Gasteiger partial charge on any atom is 0.338 e. The summed E-state index contributed by atoms with van der Waals surface area (Å²) in [7, 11) is 0. The third kappa shape index (κ3) is 5.04. The quantitative estimate of drug-likeness (QED) is 0.342. The van der Waals surface area contributed by atoms with Crippen molar-refractivity contribution in [2.45, 2.75) is 17.9 Å². The van der Waals surface area contributed by atoms with Crippen LogP contribution in [0.5, 0.6) is 0 Å². The van der Waals surface area contributed by atoms with Crippen molar-refractivity contribution in [2.24, 2.45) is 0 Å². The van der Waals surface area contributed by atoms with E-state index in [1.165, 1.54) is 35.2 Å². The van der Waals surface area contributed by atoms with Gasteiger partial charge >= 0.3 is 5.97 Å². The summed E-state index contributed by atoms with van der Waals surface area (Å²) < 4.78 is 4.94. The fourth-order valence-electron chi connectivity index (χ4n) is 2.07. The molecular formula is C16H16N2O5S2. The molecule has 1 atom stereocenters. The predicted octanol–water partition coefficient (Wildman–Crippen LogP) is 3.41. The lowest BCUT2D eigenvalue weighted by molar-refractivity contribution is -0.387. The Labute approximate surface area is 152 Å². The van der Waals surface area contributed by atoms with Crippen molar-refractivity contribution in [3.63, 3.8) is 0 Å². The van der Waals surface area contributed by atoms with Gasteiger partial charge in [-0.25, -0.2) is 4.79 Å². The van der Waals surface area contributed by atoms with Gasteiger partial charge in [0, 0.05) is 10.9 Å². The van der Waals surface area contributed by atoms with E-state index < -0.39 is 23.4 Å². The number of thioether (sulfide) groups is 1. The van der Waals surface area contributed by atoms with Gasteiger partial charge in [0.05, 0.1) is 21.4 Å². The number of carbonyl (C=O) groups excluding carboxylic acids is 2. The number of esters is 1. The summed E-state index contributed by atoms with van der Waals surface area (Å²) in [5.74, 6) is -1.22. The molecule has 0 aliphatic rings. The molecule has 0 unspecified atom stereocenters. The fraction of sp³-hybridized carbons (Fsp3) is 0.250. The number of nitro groups is 1. The van der Waals surface area contributed by atoms with E-state index in [4.69, 9.17) is 4.74 Å². The number of nitro benzene ring substituents is 1. The van der Waals surface area contributed by atoms with Crippen LogP contribution in [0.25, 0.3) is 0 Å². The molecule has 1 heterocycles. The van der Waals surface area contributed by atoms with E-state index in [9.17, 15) is 19.7 Å². The smallest absolute Gasteiger partial charge is 0.338 e. The van der Waals surface area contributed by atoms with Crippen LogP contribution >= 0.6 is 23.1 Å². The molecule has 0 radical (unpaired) electrons. The first-order valence-corrected chi connectivity index (χ1v) is 9.35. The Morgan fingerprint density at radius 1 is 1.40 bits per heavy atom. The van der Waals surface area contributed by atoms with Crippen molar-refractivity contribution in [3.05, 3.63) is 56.3 Å². The summed E-state index contributed by atoms with van der Waals surface area (Å²) in [5, 5.41) is 15.7. The van der Waals surface area contributed by atoms with E-state index in [0.717, 1.165) is 10.9 Å². The van der Waals surface area contributed by atoms with Crippen LogP contribution in [0, 0.1) is 10.1 Å². The highest BCUT2D eigenvalue weighted by Crippen LogP contribution is 2.28. The standard InChI is InChI=1S/C16H16N2O5S2/c1-10(13-4-3-7-25-13)17-15(19)9-23-16(20)11-5-6-14(24-2)12(8-11)18(21)22/h3-8,10H,9H2,1-2H3,(H,17,19)/t10-/m0/s1. The number of carbonyl (C=O) groups is 2. The largest absolute Gasteiger partial charge is 0.452 e. The van der Waals surface area contributed by atoms with Gasteiger partial charge in [-0.1, -0.05) is 6.07 Å². The highest BCUT2D eigenvalue weighted by molar-refractivity contribution is 7.98. The van der Waals surface area contributed by atoms with Gasteiger partial charge in [0.25, 0.3) is 11.6 Å². The number of benzene rings is 1. The number of nitrogens with one attached hydrogen (secondary N) is 1. The normalized spacial score (nSPS) is 11.6. The maximum absolute atomic E-state index is 12.0. The average molecular weight is 380 g/mol. The third-order valence-electron chi connectivity index (χ3n) is 3.29. The number of hydrogen-bond donors (Lipinski definition) is 1. The van der Waals surface area contributed by atoms with Gasteiger partial charge in [-0.3, -0.25) is 14.9 Å². The molecule has 0 saturated carbocycles. The summed E-state index contributed by atoms with van der Waals surface area (Å²) in [6, 6.07) is 7.67. The van der Waals surface area contributed by atoms with Crippen LogP contribution in [0.3, 0.4) is 0 Å². The second kappa shape index (κ2) is 8.63. The molecule has 0 aliphatic carbocycles. The van der Waals surface area contributed by atoms with Gasteiger partial charge in [0.15, 0.2) is 6.61 Å². The zero-order valence-electron chi connectivity index (χ0n) is 13.6. The molecule has 0 bridgehead atoms. The van der Waals surface area contributed by atoms with Crippen LogP contribution in [-0.2, 0) is 9.53 Å². The van der Waals surface area contributed by atoms with Crippen molar-refractivity contribution >= 4 is 40.7 Å². The minimum Gasteiger partial charge on any atom is -0.452 e. The second-order valence-electron chi connectivity index (χ2n) is 5.02. The zero-order valence-corrected chi connectivity index (χ0v) is 15.2. The van der Waals surface area contributed by atoms with E-state index >= 15 is 0 Å². The first-order valence-electron chi connectivity index (χ1n) is 7.24. The Morgan fingerprint density at radius 3 is 2.76 bits per heavy atom. The minimum absolute atomic E-state index is 0.0311. The molecule has 132 valence electrons. The Morgan fingerprint density at radius 2 is 2.16 bits per heavy atom. The molecule has 1 aromatic carbocycles. The molecule has 0 aliphatic heterocycles. The summed E-state index contributed by atoms with van der Waals surface area (Å²) in [5.41, 5.74) is -0.138. The van der Waals surface area contributed by atoms with Gasteiger partial charge in [0.2, 0.25) is 0 Å². The summed E-state index contributed by atoms with van der Waals surface area (Å²) in [6.07, 6.45) is 1.71. The molecule has 2 aromatic rings. The molecule has 7 nitrogen and oxygen atoms in total. The molecule has 1 amide bonds. The molecule has 1 aromatic heterocycles. The highest BCUT2D eigenvalue weighted by atomic mass is 32.2. The highest BCUT2D eigenvalue weighted by Gasteiger charge is 2.19. The Balaban J connectivity index is 1.94. The molecule has 1 N–H and O–H groups in total. The summed E-state index contributed by atoms with van der Waals surface area (Å²) in [6.45, 7) is 1.38. The van der Waals surface area contributed by atoms with Crippen molar-refractivity contribution in [1.29, 1.82) is 0 Å². The lowest BCUT2D eigenvalue weighted by Gasteiger charge is -2.12. The monoisotopic (exact) mass is 380 g/mol. The van der Waals surface area contributed by atoms with Crippen LogP contribution in [0.2, 0.25) is 0 Å². The van der Waals surface area contributed by atoms with Crippen molar-refractivity contribution < 1.29 is 19.2 Å². The van der Waals surface area contributed by atoms with Gasteiger partial charge in [-0.15, -0.1) is 23.1 Å². The van der Waals surface area contributed by atoms with E-state index in [0.29, 0.717) is 4.90 Å². The summed E-state index contributed by atoms with van der Waals surface area (Å²) in [4.78, 5) is 35.8. The van der Waals surface area contributed by atoms with Crippen LogP contribution in [0.15, 0.2) is 40.6 Å². The van der Waals surface area contributed by atoms with E-state index in [-0.39, 0.29) is 17.3 Å². The molecule has 9 heteroatoms. The third-order valence-corrected chi connectivity index (χ3v) is 5.13. The Kier molecular flexibility index (Phi) is 6.54. The van der Waals surface area contributed by atoms with Crippen LogP contribution in [-0.4, -0.2) is 29.7 Å². The van der Waals surface area contributed by atoms with Crippen LogP contribution in [0.1, 0.15) is 28.2 Å². The molecule has 0 fully saturated rings. The van der Waals surface area contributed by atoms with Crippen LogP contribution < -0.4 is 5.32 Å². The van der Waals surface area contributed by atoms with Gasteiger partial charge in [-0.2, -0.15) is 0 Å². The lowest BCUT2D eigenvalue weighted by atomic mass is 10.2. The first kappa shape index (κ1) is 18.9. The van der Waals surface area contributed by atoms with Crippen molar-refractivity contribution in [3.8, 4) is 0 Å². The number of nitrogens with zero attached hydrogens (tertiary/aromatic N) is 1. The number of ether oxygens (including phenoxy) is 1. The Hall–Kier alpha value is -2.39. The maximum atomic E-state index is 12.0. The molecule has 0 saturated heterocycles. The lowest BCUT2D eigenvalue weighted by Crippen LogP contribution is -2.30. The topological polar surface area (TPSA) is 98.5 Å². The van der Waals surface area contributed by atoms with Crippen molar-refractivity contribution in [2.75, 3.05) is 12.9 Å². The summed E-state index contributed by atoms with van der Waals surface area (Å²) >= 11 is 2.72. The first-order chi connectivity index (χ1) is 11.9. The number of hydrogen-bond acceptors (Lipinski definition) is 7. The van der Waals surface area contributed by atoms with E-state index in [1.54, 1.807) is 6.26 Å². The average Bonchev–Trinajstić information content (AvgIpc) is 3.13. The molecular weight excluding hydrogens is 364 g/mol. The van der Waals surface area contributed by atoms with Gasteiger partial charge < -0.3 is 10.1 Å². The SMILES string of the molecule is CSc1ccc(C(=O)OCC(=O)N[C@@H](C)c2cccs2)cc1[N+](=O)[O-]. The van der Waals surface area contributed by atoms with Crippen LogP contribution in [0.4, 0.5) is 5.69 Å².